The molecule has 1 heterocycles. The van der Waals surface area contributed by atoms with Crippen LogP contribution in [0.3, 0.4) is 0 Å². The number of likely N-dealkylation sites (tertiary alicyclic amines) is 1. The molecule has 0 bridgehead atoms. The Labute approximate surface area is 99.0 Å². The zero-order valence-electron chi connectivity index (χ0n) is 10.7. The van der Waals surface area contributed by atoms with E-state index in [1.54, 1.807) is 0 Å². The molecule has 0 unspecified atom stereocenters. The summed E-state index contributed by atoms with van der Waals surface area (Å²) in [5.74, 6) is 0. The fraction of sp³-hybridized carbons (Fsp3) is 0.917. The van der Waals surface area contributed by atoms with Crippen LogP contribution >= 0.6 is 0 Å². The Morgan fingerprint density at radius 3 is 2.50 bits per heavy atom. The number of carbonyl (C=O) groups excluding carboxylic acids is 1. The summed E-state index contributed by atoms with van der Waals surface area (Å²) in [5.41, 5.74) is 0. The number of amides is 2. The summed E-state index contributed by atoms with van der Waals surface area (Å²) in [6, 6.07) is 0.116. The number of nitrogens with one attached hydrogen (secondary N) is 1. The van der Waals surface area contributed by atoms with Crippen molar-refractivity contribution in [1.82, 2.24) is 15.1 Å². The molecule has 1 N–H and O–H groups in total. The van der Waals surface area contributed by atoms with E-state index in [0.29, 0.717) is 0 Å². The van der Waals surface area contributed by atoms with Crippen molar-refractivity contribution < 1.29 is 4.79 Å². The number of hydrogen-bond acceptors (Lipinski definition) is 2. The van der Waals surface area contributed by atoms with Crippen LogP contribution in [-0.2, 0) is 0 Å². The Morgan fingerprint density at radius 1 is 1.25 bits per heavy atom. The van der Waals surface area contributed by atoms with E-state index in [4.69, 9.17) is 0 Å². The van der Waals surface area contributed by atoms with E-state index in [1.165, 1.54) is 6.42 Å². The first-order valence-electron chi connectivity index (χ1n) is 6.53. The Morgan fingerprint density at radius 2 is 1.94 bits per heavy atom. The molecule has 0 aromatic rings. The highest BCUT2D eigenvalue weighted by molar-refractivity contribution is 5.74. The Hall–Kier alpha value is -0.770. The summed E-state index contributed by atoms with van der Waals surface area (Å²) in [7, 11) is 0. The molecule has 0 aromatic carbocycles. The predicted molar refractivity (Wildman–Crippen MR) is 66.6 cm³/mol. The van der Waals surface area contributed by atoms with E-state index in [1.807, 2.05) is 4.90 Å². The fourth-order valence-corrected chi connectivity index (χ4v) is 2.10. The number of carbonyl (C=O) groups is 1. The van der Waals surface area contributed by atoms with Crippen molar-refractivity contribution in [1.29, 1.82) is 0 Å². The molecular weight excluding hydrogens is 202 g/mol. The van der Waals surface area contributed by atoms with Crippen LogP contribution in [0.15, 0.2) is 0 Å². The molecule has 0 atom stereocenters. The van der Waals surface area contributed by atoms with Gasteiger partial charge in [0.2, 0.25) is 0 Å². The predicted octanol–water partition coefficient (Wildman–Crippen LogP) is 1.52. The minimum atomic E-state index is 0.116. The van der Waals surface area contributed by atoms with Gasteiger partial charge < -0.3 is 15.1 Å². The molecule has 2 amide bonds. The maximum absolute atomic E-state index is 11.7. The summed E-state index contributed by atoms with van der Waals surface area (Å²) in [6.45, 7) is 10.1. The van der Waals surface area contributed by atoms with Gasteiger partial charge in [-0.05, 0) is 32.4 Å². The van der Waals surface area contributed by atoms with Crippen LogP contribution in [0.5, 0.6) is 0 Å². The van der Waals surface area contributed by atoms with Crippen molar-refractivity contribution in [3.63, 3.8) is 0 Å². The van der Waals surface area contributed by atoms with E-state index < -0.39 is 0 Å². The lowest BCUT2D eigenvalue weighted by Crippen LogP contribution is -2.41. The van der Waals surface area contributed by atoms with Gasteiger partial charge in [0, 0.05) is 26.2 Å². The minimum Gasteiger partial charge on any atom is -0.337 e. The van der Waals surface area contributed by atoms with Gasteiger partial charge in [-0.1, -0.05) is 13.8 Å². The first-order valence-corrected chi connectivity index (χ1v) is 6.53. The van der Waals surface area contributed by atoms with E-state index in [-0.39, 0.29) is 6.03 Å². The van der Waals surface area contributed by atoms with Crippen molar-refractivity contribution in [2.24, 2.45) is 0 Å². The summed E-state index contributed by atoms with van der Waals surface area (Å²) in [5, 5.41) is 2.99. The molecule has 94 valence electrons. The molecule has 0 aliphatic carbocycles. The van der Waals surface area contributed by atoms with Gasteiger partial charge in [0.05, 0.1) is 0 Å². The third kappa shape index (κ3) is 4.39. The van der Waals surface area contributed by atoms with E-state index >= 15 is 0 Å². The van der Waals surface area contributed by atoms with Gasteiger partial charge >= 0.3 is 6.03 Å². The highest BCUT2D eigenvalue weighted by Gasteiger charge is 2.16. The van der Waals surface area contributed by atoms with Gasteiger partial charge in [-0.2, -0.15) is 0 Å². The first kappa shape index (κ1) is 13.3. The lowest BCUT2D eigenvalue weighted by atomic mass is 10.4. The molecule has 0 spiro atoms. The average Bonchev–Trinajstić information content (AvgIpc) is 2.81. The second-order valence-corrected chi connectivity index (χ2v) is 4.36. The number of rotatable bonds is 6. The van der Waals surface area contributed by atoms with Crippen molar-refractivity contribution in [2.45, 2.75) is 33.1 Å². The number of likely N-dealkylation sites (N-methyl/N-ethyl adjacent to an activating group) is 1. The van der Waals surface area contributed by atoms with E-state index in [2.05, 4.69) is 24.1 Å². The number of urea groups is 1. The van der Waals surface area contributed by atoms with Crippen LogP contribution in [-0.4, -0.2) is 55.1 Å². The molecule has 0 radical (unpaired) electrons. The van der Waals surface area contributed by atoms with Crippen molar-refractivity contribution in [3.8, 4) is 0 Å². The Bertz CT molecular complexity index is 202. The summed E-state index contributed by atoms with van der Waals surface area (Å²) < 4.78 is 0. The molecule has 1 rings (SSSR count). The molecule has 16 heavy (non-hydrogen) atoms. The van der Waals surface area contributed by atoms with E-state index in [0.717, 1.165) is 52.1 Å². The van der Waals surface area contributed by atoms with Crippen LogP contribution in [0.25, 0.3) is 0 Å². The maximum atomic E-state index is 11.7. The zero-order chi connectivity index (χ0) is 11.8. The normalized spacial score (nSPS) is 15.8. The maximum Gasteiger partial charge on any atom is 0.317 e. The van der Waals surface area contributed by atoms with Crippen molar-refractivity contribution in [2.75, 3.05) is 39.3 Å². The molecule has 1 fully saturated rings. The first-order chi connectivity index (χ1) is 7.77. The average molecular weight is 227 g/mol. The zero-order valence-corrected chi connectivity index (χ0v) is 10.7. The molecule has 0 aromatic heterocycles. The van der Waals surface area contributed by atoms with Crippen LogP contribution in [0.4, 0.5) is 4.79 Å². The molecule has 1 aliphatic heterocycles. The van der Waals surface area contributed by atoms with Crippen LogP contribution < -0.4 is 5.32 Å². The summed E-state index contributed by atoms with van der Waals surface area (Å²) in [6.07, 6.45) is 3.49. The topological polar surface area (TPSA) is 35.6 Å². The highest BCUT2D eigenvalue weighted by Crippen LogP contribution is 2.06. The standard InChI is InChI=1S/C12H25N3O/c1-3-8-14(4-2)11-7-13-12(16)15-9-5-6-10-15/h3-11H2,1-2H3,(H,13,16). The monoisotopic (exact) mass is 227 g/mol. The lowest BCUT2D eigenvalue weighted by Gasteiger charge is -2.21. The largest absolute Gasteiger partial charge is 0.337 e. The smallest absolute Gasteiger partial charge is 0.317 e. The molecule has 1 aliphatic rings. The Kier molecular flexibility index (Phi) is 6.23. The van der Waals surface area contributed by atoms with Gasteiger partial charge in [-0.25, -0.2) is 4.79 Å². The highest BCUT2D eigenvalue weighted by atomic mass is 16.2. The van der Waals surface area contributed by atoms with Crippen molar-refractivity contribution in [3.05, 3.63) is 0 Å². The number of nitrogens with zero attached hydrogens (tertiary/aromatic N) is 2. The van der Waals surface area contributed by atoms with Gasteiger partial charge in [-0.3, -0.25) is 0 Å². The summed E-state index contributed by atoms with van der Waals surface area (Å²) >= 11 is 0. The summed E-state index contributed by atoms with van der Waals surface area (Å²) in [4.78, 5) is 15.9. The third-order valence-electron chi connectivity index (χ3n) is 3.08. The molecule has 4 nitrogen and oxygen atoms in total. The second kappa shape index (κ2) is 7.49. The molecular formula is C12H25N3O. The fourth-order valence-electron chi connectivity index (χ4n) is 2.10. The van der Waals surface area contributed by atoms with E-state index in [9.17, 15) is 4.79 Å². The van der Waals surface area contributed by atoms with Gasteiger partial charge in [-0.15, -0.1) is 0 Å². The van der Waals surface area contributed by atoms with Gasteiger partial charge in [0.25, 0.3) is 0 Å². The SMILES string of the molecule is CCCN(CC)CCNC(=O)N1CCCC1. The quantitative estimate of drug-likeness (QED) is 0.747. The minimum absolute atomic E-state index is 0.116. The lowest BCUT2D eigenvalue weighted by molar-refractivity contribution is 0.205. The second-order valence-electron chi connectivity index (χ2n) is 4.36. The van der Waals surface area contributed by atoms with Gasteiger partial charge in [0.1, 0.15) is 0 Å². The van der Waals surface area contributed by atoms with Crippen molar-refractivity contribution >= 4 is 6.03 Å². The van der Waals surface area contributed by atoms with Crippen LogP contribution in [0.1, 0.15) is 33.1 Å². The Balaban J connectivity index is 2.11. The number of hydrogen-bond donors (Lipinski definition) is 1. The van der Waals surface area contributed by atoms with Gasteiger partial charge in [0.15, 0.2) is 0 Å². The molecule has 1 saturated heterocycles. The third-order valence-corrected chi connectivity index (χ3v) is 3.08. The molecule has 4 heteroatoms. The van der Waals surface area contributed by atoms with Crippen LogP contribution in [0, 0.1) is 0 Å². The van der Waals surface area contributed by atoms with Crippen LogP contribution in [0.2, 0.25) is 0 Å². The molecule has 0 saturated carbocycles.